The number of rotatable bonds is 3. The van der Waals surface area contributed by atoms with Gasteiger partial charge in [0.1, 0.15) is 0 Å². The fraction of sp³-hybridized carbons (Fsp3) is 0.529. The molecule has 0 spiro atoms. The molecule has 1 nitrogen and oxygen atoms in total. The molecule has 0 saturated carbocycles. The molecular formula is C17H26CuLi2NSSi. The second kappa shape index (κ2) is 20.6. The Balaban J connectivity index is -0.0000000915. The summed E-state index contributed by atoms with van der Waals surface area (Å²) in [6, 6.07) is 3.86. The molecule has 1 aromatic heterocycles. The van der Waals surface area contributed by atoms with Gasteiger partial charge in [-0.2, -0.15) is 18.4 Å². The molecule has 1 heterocycles. The van der Waals surface area contributed by atoms with Gasteiger partial charge >= 0.3 is 54.8 Å². The Morgan fingerprint density at radius 1 is 1.04 bits per heavy atom. The molecule has 0 amide bonds. The number of nitrogens with zero attached hydrogens (tertiary/aromatic N) is 1. The average Bonchev–Trinajstić information content (AvgIpc) is 2.96. The van der Waals surface area contributed by atoms with Crippen molar-refractivity contribution in [3.63, 3.8) is 0 Å². The summed E-state index contributed by atoms with van der Waals surface area (Å²) in [5, 5.41) is 11.1. The van der Waals surface area contributed by atoms with E-state index in [2.05, 4.69) is 65.3 Å². The topological polar surface area (TPSA) is 23.8 Å². The Morgan fingerprint density at radius 2 is 1.43 bits per heavy atom. The standard InChI is InChI=1S/C12H23Si.C4H3S.CN.Cu.2Li/c1-8-9-13(10(2)3,11(4)5)12(6)7;1-2-4-5-3-1;1-2;;;/h10-12H,1H2,2-7H3;1-3H;;;;/q3*-1;3*+1. The van der Waals surface area contributed by atoms with E-state index < -0.39 is 8.07 Å². The van der Waals surface area contributed by atoms with Crippen LogP contribution in [0.1, 0.15) is 41.5 Å². The maximum absolute atomic E-state index is 6.25. The van der Waals surface area contributed by atoms with E-state index in [-0.39, 0.29) is 54.8 Å². The van der Waals surface area contributed by atoms with Crippen molar-refractivity contribution in [3.05, 3.63) is 36.4 Å². The van der Waals surface area contributed by atoms with Gasteiger partial charge < -0.3 is 28.7 Å². The van der Waals surface area contributed by atoms with E-state index in [9.17, 15) is 0 Å². The molecule has 0 saturated heterocycles. The molecule has 1 rings (SSSR count). The van der Waals surface area contributed by atoms with Crippen LogP contribution >= 0.6 is 11.3 Å². The fourth-order valence-electron chi connectivity index (χ4n) is 2.78. The minimum absolute atomic E-state index is 0. The normalized spacial score (nSPS) is 8.65. The largest absolute Gasteiger partial charge is 1.00 e. The van der Waals surface area contributed by atoms with Crippen LogP contribution in [-0.2, 0) is 17.1 Å². The molecule has 0 aliphatic rings. The molecule has 0 fully saturated rings. The number of hydrogen-bond acceptors (Lipinski definition) is 2. The Bertz CT molecular complexity index is 370. The van der Waals surface area contributed by atoms with Gasteiger partial charge in [0.25, 0.3) is 0 Å². The zero-order valence-electron chi connectivity index (χ0n) is 15.8. The third-order valence-electron chi connectivity index (χ3n) is 3.55. The molecule has 1 aromatic rings. The summed E-state index contributed by atoms with van der Waals surface area (Å²) in [7, 11) is -1.45. The Morgan fingerprint density at radius 3 is 1.52 bits per heavy atom. The molecule has 0 N–H and O–H groups in total. The summed E-state index contributed by atoms with van der Waals surface area (Å²) in [5.74, 6) is 2.91. The molecule has 122 valence electrons. The zero-order valence-corrected chi connectivity index (χ0v) is 18.6. The predicted octanol–water partition coefficient (Wildman–Crippen LogP) is -0.308. The van der Waals surface area contributed by atoms with Crippen molar-refractivity contribution in [1.29, 1.82) is 5.26 Å². The monoisotopic (exact) mass is 381 g/mol. The average molecular weight is 382 g/mol. The third-order valence-corrected chi connectivity index (χ3v) is 10.5. The van der Waals surface area contributed by atoms with Crippen LogP contribution in [0.5, 0.6) is 0 Å². The van der Waals surface area contributed by atoms with Crippen molar-refractivity contribution in [2.24, 2.45) is 0 Å². The van der Waals surface area contributed by atoms with Crippen molar-refractivity contribution >= 4 is 19.4 Å². The summed E-state index contributed by atoms with van der Waals surface area (Å²) in [5.41, 5.74) is 5.64. The Labute approximate surface area is 184 Å². The Kier molecular flexibility index (Phi) is 31.2. The summed E-state index contributed by atoms with van der Waals surface area (Å²) >= 11 is 1.59. The summed E-state index contributed by atoms with van der Waals surface area (Å²) in [4.78, 5) is 0. The van der Waals surface area contributed by atoms with Crippen LogP contribution in [0.3, 0.4) is 0 Å². The van der Waals surface area contributed by atoms with E-state index >= 15 is 0 Å². The summed E-state index contributed by atoms with van der Waals surface area (Å²) < 4.78 is 0. The van der Waals surface area contributed by atoms with Crippen LogP contribution in [0.25, 0.3) is 0 Å². The molecule has 0 bridgehead atoms. The van der Waals surface area contributed by atoms with Crippen molar-refractivity contribution in [2.75, 3.05) is 0 Å². The molecule has 0 aliphatic heterocycles. The first kappa shape index (κ1) is 34.8. The van der Waals surface area contributed by atoms with Gasteiger partial charge in [0.05, 0.1) is 0 Å². The van der Waals surface area contributed by atoms with Gasteiger partial charge in [0.2, 0.25) is 0 Å². The smallest absolute Gasteiger partial charge is 0.512 e. The minimum Gasteiger partial charge on any atom is -0.512 e. The van der Waals surface area contributed by atoms with Crippen LogP contribution in [-0.4, -0.2) is 8.07 Å². The molecule has 6 heteroatoms. The van der Waals surface area contributed by atoms with E-state index in [1.54, 1.807) is 11.3 Å². The van der Waals surface area contributed by atoms with Gasteiger partial charge in [0, 0.05) is 8.07 Å². The molecule has 23 heavy (non-hydrogen) atoms. The van der Waals surface area contributed by atoms with Gasteiger partial charge in [-0.1, -0.05) is 58.2 Å². The summed E-state index contributed by atoms with van der Waals surface area (Å²) in [6.45, 7) is 22.3. The second-order valence-electron chi connectivity index (χ2n) is 5.43. The van der Waals surface area contributed by atoms with Crippen molar-refractivity contribution in [3.8, 4) is 11.5 Å². The molecular weight excluding hydrogens is 356 g/mol. The van der Waals surface area contributed by atoms with Gasteiger partial charge in [-0.15, -0.1) is 5.38 Å². The molecule has 0 aliphatic carbocycles. The van der Waals surface area contributed by atoms with Crippen molar-refractivity contribution in [2.45, 2.75) is 58.2 Å². The van der Waals surface area contributed by atoms with Gasteiger partial charge in [-0.3, -0.25) is 5.92 Å². The van der Waals surface area contributed by atoms with E-state index in [0.29, 0.717) is 0 Å². The van der Waals surface area contributed by atoms with Crippen molar-refractivity contribution < 1.29 is 54.8 Å². The van der Waals surface area contributed by atoms with E-state index in [1.165, 1.54) is 0 Å². The van der Waals surface area contributed by atoms with Crippen LogP contribution in [0.15, 0.2) is 17.5 Å². The minimum atomic E-state index is -1.45. The van der Waals surface area contributed by atoms with Gasteiger partial charge in [0.15, 0.2) is 0 Å². The fourth-order valence-corrected chi connectivity index (χ4v) is 8.35. The van der Waals surface area contributed by atoms with E-state index in [4.69, 9.17) is 11.8 Å². The van der Waals surface area contributed by atoms with Crippen LogP contribution in [0.4, 0.5) is 0 Å². The SMILES string of the molecule is [C-]#N.[CH2-]C#C[Si](C(C)C)(C(C)C)C(C)C.[Cu+].[Li+].[Li+].[c-]1cccs1. The van der Waals surface area contributed by atoms with Crippen LogP contribution in [0.2, 0.25) is 16.6 Å². The van der Waals surface area contributed by atoms with Crippen molar-refractivity contribution in [1.82, 2.24) is 0 Å². The zero-order chi connectivity index (χ0) is 16.2. The first-order valence-electron chi connectivity index (χ1n) is 6.80. The third kappa shape index (κ3) is 12.5. The van der Waals surface area contributed by atoms with Crippen LogP contribution in [0, 0.1) is 35.6 Å². The van der Waals surface area contributed by atoms with E-state index in [0.717, 1.165) is 16.6 Å². The molecule has 0 aromatic carbocycles. The summed E-state index contributed by atoms with van der Waals surface area (Å²) in [6.07, 6.45) is 0. The number of hydrogen-bond donors (Lipinski definition) is 0. The molecule has 0 radical (unpaired) electrons. The first-order chi connectivity index (χ1) is 9.39. The predicted molar refractivity (Wildman–Crippen MR) is 92.3 cm³/mol. The first-order valence-corrected chi connectivity index (χ1v) is 9.91. The van der Waals surface area contributed by atoms with Crippen LogP contribution < -0.4 is 37.7 Å². The maximum atomic E-state index is 6.25. The quantitative estimate of drug-likeness (QED) is 0.400. The van der Waals surface area contributed by atoms with Gasteiger partial charge in [-0.05, 0) is 0 Å². The van der Waals surface area contributed by atoms with Gasteiger partial charge in [-0.25, -0.2) is 6.07 Å². The Hall–Kier alpha value is 0.551. The van der Waals surface area contributed by atoms with E-state index in [1.807, 2.05) is 17.5 Å². The maximum Gasteiger partial charge on any atom is 1.00 e. The molecule has 0 atom stereocenters. The number of thiophene rings is 1. The molecule has 0 unspecified atom stereocenters. The second-order valence-corrected chi connectivity index (χ2v) is 11.8.